The van der Waals surface area contributed by atoms with Gasteiger partial charge in [0.25, 0.3) is 5.91 Å². The zero-order chi connectivity index (χ0) is 23.7. The van der Waals surface area contributed by atoms with Gasteiger partial charge in [-0.1, -0.05) is 53.5 Å². The summed E-state index contributed by atoms with van der Waals surface area (Å²) in [7, 11) is 0. The maximum absolute atomic E-state index is 13.9. The van der Waals surface area contributed by atoms with Gasteiger partial charge in [-0.2, -0.15) is 5.26 Å². The summed E-state index contributed by atoms with van der Waals surface area (Å²) in [5, 5.41) is 16.3. The first-order valence-electron chi connectivity index (χ1n) is 11.6. The van der Waals surface area contributed by atoms with E-state index in [2.05, 4.69) is 11.4 Å². The van der Waals surface area contributed by atoms with E-state index in [4.69, 9.17) is 23.2 Å². The molecule has 5 rings (SSSR count). The second-order valence-electron chi connectivity index (χ2n) is 8.95. The highest BCUT2D eigenvalue weighted by atomic mass is 35.5. The number of rotatable bonds is 7. The van der Waals surface area contributed by atoms with Crippen LogP contribution in [0, 0.1) is 11.3 Å². The number of amides is 1. The monoisotopic (exact) mass is 509 g/mol. The Balaban J connectivity index is 1.48. The highest BCUT2D eigenvalue weighted by molar-refractivity contribution is 7.99. The van der Waals surface area contributed by atoms with Crippen LogP contribution in [0.5, 0.6) is 0 Å². The SMILES string of the molecule is N#Cc1cc2ccccc2c2c1SCCN(C[C@@H](CCNC1CC1)c1ccc(Cl)c(Cl)c1)C2=O. The lowest BCUT2D eigenvalue weighted by molar-refractivity contribution is 0.0755. The van der Waals surface area contributed by atoms with E-state index in [1.165, 1.54) is 12.8 Å². The van der Waals surface area contributed by atoms with Gasteiger partial charge in [0.15, 0.2) is 0 Å². The number of thioether (sulfide) groups is 1. The molecule has 34 heavy (non-hydrogen) atoms. The molecule has 174 valence electrons. The van der Waals surface area contributed by atoms with Crippen LogP contribution < -0.4 is 5.32 Å². The van der Waals surface area contributed by atoms with E-state index in [1.54, 1.807) is 11.8 Å². The third-order valence-electron chi connectivity index (χ3n) is 6.59. The smallest absolute Gasteiger partial charge is 0.255 e. The van der Waals surface area contributed by atoms with Gasteiger partial charge in [0.2, 0.25) is 0 Å². The predicted molar refractivity (Wildman–Crippen MR) is 140 cm³/mol. The minimum atomic E-state index is -0.00601. The normalized spacial score (nSPS) is 16.7. The number of carbonyl (C=O) groups is 1. The second-order valence-corrected chi connectivity index (χ2v) is 10.9. The quantitative estimate of drug-likeness (QED) is 0.395. The number of nitriles is 1. The number of carbonyl (C=O) groups excluding carboxylic acids is 1. The van der Waals surface area contributed by atoms with Gasteiger partial charge in [0, 0.05) is 35.7 Å². The van der Waals surface area contributed by atoms with Gasteiger partial charge in [0.05, 0.1) is 21.2 Å². The van der Waals surface area contributed by atoms with Crippen molar-refractivity contribution in [2.45, 2.75) is 36.1 Å². The molecule has 0 bridgehead atoms. The Morgan fingerprint density at radius 1 is 1.15 bits per heavy atom. The lowest BCUT2D eigenvalue weighted by atomic mass is 9.94. The number of halogens is 2. The molecule has 0 radical (unpaired) electrons. The molecule has 3 aromatic rings. The standard InChI is InChI=1S/C27H25Cl2N3OS/c28-23-8-5-17(14-24(23)29)19(9-10-31-21-6-7-21)16-32-11-12-34-26-20(15-30)13-18-3-1-2-4-22(18)25(26)27(32)33/h1-5,8,13-14,19,21,31H,6-7,9-12,16H2/t19-/m1/s1. The van der Waals surface area contributed by atoms with E-state index < -0.39 is 0 Å². The number of nitrogens with one attached hydrogen (secondary N) is 1. The van der Waals surface area contributed by atoms with Crippen LogP contribution >= 0.6 is 35.0 Å². The molecule has 1 aliphatic heterocycles. The summed E-state index contributed by atoms with van der Waals surface area (Å²) in [4.78, 5) is 16.7. The Morgan fingerprint density at radius 2 is 1.97 bits per heavy atom. The first-order chi connectivity index (χ1) is 16.5. The number of fused-ring (bicyclic) bond motifs is 3. The summed E-state index contributed by atoms with van der Waals surface area (Å²) in [5.74, 6) is 0.871. The molecule has 7 heteroatoms. The van der Waals surface area contributed by atoms with Crippen LogP contribution in [0.3, 0.4) is 0 Å². The third kappa shape index (κ3) is 4.92. The molecule has 3 aromatic carbocycles. The van der Waals surface area contributed by atoms with Crippen molar-refractivity contribution in [3.8, 4) is 6.07 Å². The summed E-state index contributed by atoms with van der Waals surface area (Å²) in [6, 6.07) is 18.4. The molecule has 0 unspecified atom stereocenters. The fourth-order valence-corrected chi connectivity index (χ4v) is 6.03. The second kappa shape index (κ2) is 10.2. The fraction of sp³-hybridized carbons (Fsp3) is 0.333. The number of nitrogens with zero attached hydrogens (tertiary/aromatic N) is 2. The molecule has 1 amide bonds. The summed E-state index contributed by atoms with van der Waals surface area (Å²) < 4.78 is 0. The molecule has 1 aliphatic carbocycles. The van der Waals surface area contributed by atoms with Crippen molar-refractivity contribution >= 4 is 51.6 Å². The molecule has 4 nitrogen and oxygen atoms in total. The Morgan fingerprint density at radius 3 is 2.74 bits per heavy atom. The van der Waals surface area contributed by atoms with Crippen molar-refractivity contribution in [2.75, 3.05) is 25.4 Å². The molecule has 2 aliphatic rings. The van der Waals surface area contributed by atoms with Gasteiger partial charge < -0.3 is 10.2 Å². The average Bonchev–Trinajstić information content (AvgIpc) is 3.68. The summed E-state index contributed by atoms with van der Waals surface area (Å²) in [6.45, 7) is 2.12. The Hall–Kier alpha value is -2.23. The van der Waals surface area contributed by atoms with Crippen molar-refractivity contribution in [3.63, 3.8) is 0 Å². The summed E-state index contributed by atoms with van der Waals surface area (Å²) in [6.07, 6.45) is 3.38. The third-order valence-corrected chi connectivity index (χ3v) is 8.43. The molecule has 1 saturated carbocycles. The Kier molecular flexibility index (Phi) is 7.04. The van der Waals surface area contributed by atoms with Crippen LogP contribution in [-0.4, -0.2) is 42.2 Å². The van der Waals surface area contributed by atoms with E-state index in [-0.39, 0.29) is 11.8 Å². The zero-order valence-electron chi connectivity index (χ0n) is 18.7. The van der Waals surface area contributed by atoms with Crippen LogP contribution in [0.4, 0.5) is 0 Å². The van der Waals surface area contributed by atoms with Crippen LogP contribution in [0.1, 0.15) is 46.7 Å². The minimum Gasteiger partial charge on any atom is -0.337 e. The van der Waals surface area contributed by atoms with Gasteiger partial charge in [-0.25, -0.2) is 0 Å². The minimum absolute atomic E-state index is 0.00601. The van der Waals surface area contributed by atoms with E-state index in [0.717, 1.165) is 39.9 Å². The molecular formula is C27H25Cl2N3OS. The van der Waals surface area contributed by atoms with Crippen molar-refractivity contribution in [1.29, 1.82) is 5.26 Å². The summed E-state index contributed by atoms with van der Waals surface area (Å²) >= 11 is 14.1. The lowest BCUT2D eigenvalue weighted by Crippen LogP contribution is -2.36. The molecule has 1 N–H and O–H groups in total. The van der Waals surface area contributed by atoms with Crippen LogP contribution in [-0.2, 0) is 0 Å². The first kappa shape index (κ1) is 23.5. The maximum Gasteiger partial charge on any atom is 0.255 e. The molecule has 1 heterocycles. The van der Waals surface area contributed by atoms with Gasteiger partial charge >= 0.3 is 0 Å². The Labute approximate surface area is 214 Å². The molecule has 0 spiro atoms. The van der Waals surface area contributed by atoms with Crippen molar-refractivity contribution in [3.05, 3.63) is 75.3 Å². The van der Waals surface area contributed by atoms with Gasteiger partial charge in [-0.15, -0.1) is 11.8 Å². The molecule has 0 aromatic heterocycles. The van der Waals surface area contributed by atoms with Gasteiger partial charge in [-0.3, -0.25) is 4.79 Å². The van der Waals surface area contributed by atoms with E-state index in [0.29, 0.717) is 40.3 Å². The molecule has 0 saturated heterocycles. The van der Waals surface area contributed by atoms with Crippen molar-refractivity contribution in [2.24, 2.45) is 0 Å². The largest absolute Gasteiger partial charge is 0.337 e. The van der Waals surface area contributed by atoms with Gasteiger partial charge in [-0.05, 0) is 60.3 Å². The van der Waals surface area contributed by atoms with E-state index in [1.807, 2.05) is 53.4 Å². The first-order valence-corrected chi connectivity index (χ1v) is 13.4. The van der Waals surface area contributed by atoms with Crippen molar-refractivity contribution in [1.82, 2.24) is 10.2 Å². The van der Waals surface area contributed by atoms with Crippen LogP contribution in [0.15, 0.2) is 53.4 Å². The average molecular weight is 510 g/mol. The number of benzene rings is 3. The lowest BCUT2D eigenvalue weighted by Gasteiger charge is -2.28. The zero-order valence-corrected chi connectivity index (χ0v) is 21.0. The summed E-state index contributed by atoms with van der Waals surface area (Å²) in [5.41, 5.74) is 2.32. The van der Waals surface area contributed by atoms with E-state index >= 15 is 0 Å². The van der Waals surface area contributed by atoms with Gasteiger partial charge in [0.1, 0.15) is 6.07 Å². The topological polar surface area (TPSA) is 56.1 Å². The Bertz CT molecular complexity index is 1280. The van der Waals surface area contributed by atoms with E-state index in [9.17, 15) is 10.1 Å². The van der Waals surface area contributed by atoms with Crippen molar-refractivity contribution < 1.29 is 4.79 Å². The maximum atomic E-state index is 13.9. The number of hydrogen-bond donors (Lipinski definition) is 1. The van der Waals surface area contributed by atoms with Crippen LogP contribution in [0.2, 0.25) is 10.0 Å². The molecule has 1 atom stereocenters. The highest BCUT2D eigenvalue weighted by Crippen LogP contribution is 2.37. The van der Waals surface area contributed by atoms with Crippen LogP contribution in [0.25, 0.3) is 10.8 Å². The fourth-order valence-electron chi connectivity index (χ4n) is 4.61. The molecule has 1 fully saturated rings. The predicted octanol–water partition coefficient (Wildman–Crippen LogP) is 6.49. The number of hydrogen-bond acceptors (Lipinski definition) is 4. The molecular weight excluding hydrogens is 485 g/mol. The highest BCUT2D eigenvalue weighted by Gasteiger charge is 2.30.